The van der Waals surface area contributed by atoms with Gasteiger partial charge < -0.3 is 0 Å². The van der Waals surface area contributed by atoms with Crippen molar-refractivity contribution < 1.29 is 0 Å². The highest BCUT2D eigenvalue weighted by atomic mass is 31.2. The molecule has 4 aliphatic rings. The SMILES string of the molecule is C1CC1=P(C1CC1)(C1CC1)C1CC1. The van der Waals surface area contributed by atoms with Crippen molar-refractivity contribution in [2.24, 2.45) is 0 Å². The van der Waals surface area contributed by atoms with E-state index >= 15 is 0 Å². The Balaban J connectivity index is 1.85. The van der Waals surface area contributed by atoms with Gasteiger partial charge in [0.05, 0.1) is 0 Å². The summed E-state index contributed by atoms with van der Waals surface area (Å²) in [6.45, 7) is -0.423. The fraction of sp³-hybridized carbons (Fsp3) is 0.917. The van der Waals surface area contributed by atoms with Crippen LogP contribution in [0.3, 0.4) is 0 Å². The van der Waals surface area contributed by atoms with Gasteiger partial charge in [0, 0.05) is 0 Å². The quantitative estimate of drug-likeness (QED) is 0.603. The normalized spacial score (nSPS) is 33.7. The minimum Gasteiger partial charge on any atom is -0.0968 e. The summed E-state index contributed by atoms with van der Waals surface area (Å²) < 4.78 is 0. The Labute approximate surface area is 81.1 Å². The zero-order valence-corrected chi connectivity index (χ0v) is 9.23. The highest BCUT2D eigenvalue weighted by Crippen LogP contribution is 2.81. The summed E-state index contributed by atoms with van der Waals surface area (Å²) in [6.07, 6.45) is 12.9. The summed E-state index contributed by atoms with van der Waals surface area (Å²) in [5.41, 5.74) is 3.85. The maximum Gasteiger partial charge on any atom is -0.0205 e. The number of hydrogen-bond acceptors (Lipinski definition) is 0. The predicted molar refractivity (Wildman–Crippen MR) is 60.2 cm³/mol. The Morgan fingerprint density at radius 3 is 1.31 bits per heavy atom. The summed E-state index contributed by atoms with van der Waals surface area (Å²) in [4.78, 5) is 0. The zero-order chi connectivity index (χ0) is 8.47. The van der Waals surface area contributed by atoms with E-state index in [2.05, 4.69) is 5.29 Å². The van der Waals surface area contributed by atoms with Gasteiger partial charge in [-0.25, -0.2) is 0 Å². The maximum atomic E-state index is 2.14. The van der Waals surface area contributed by atoms with Crippen molar-refractivity contribution in [1.82, 2.24) is 0 Å². The second kappa shape index (κ2) is 2.27. The van der Waals surface area contributed by atoms with Gasteiger partial charge in [-0.15, -0.1) is 0 Å². The maximum absolute atomic E-state index is 2.14. The molecule has 4 aliphatic carbocycles. The standard InChI is InChI=1S/C12H19P/c1-2-9(1)13(10-3-4-10,11-5-6-11)12-7-8-12/h9-11H,1-8H2. The van der Waals surface area contributed by atoms with E-state index in [0.717, 1.165) is 0 Å². The summed E-state index contributed by atoms with van der Waals surface area (Å²) in [6, 6.07) is 0. The summed E-state index contributed by atoms with van der Waals surface area (Å²) >= 11 is 0. The van der Waals surface area contributed by atoms with E-state index in [1.807, 2.05) is 0 Å². The molecule has 0 aromatic carbocycles. The lowest BCUT2D eigenvalue weighted by Gasteiger charge is -2.26. The molecule has 1 heteroatoms. The smallest absolute Gasteiger partial charge is 0.0205 e. The van der Waals surface area contributed by atoms with Crippen molar-refractivity contribution in [1.29, 1.82) is 0 Å². The third-order valence-electron chi connectivity index (χ3n) is 4.47. The molecule has 0 radical (unpaired) electrons. The average molecular weight is 194 g/mol. The highest BCUT2D eigenvalue weighted by molar-refractivity contribution is 7.79. The van der Waals surface area contributed by atoms with Gasteiger partial charge in [0.15, 0.2) is 0 Å². The third kappa shape index (κ3) is 0.990. The van der Waals surface area contributed by atoms with E-state index in [-0.39, 0.29) is 0 Å². The van der Waals surface area contributed by atoms with Gasteiger partial charge in [-0.3, -0.25) is 0 Å². The second-order valence-corrected chi connectivity index (χ2v) is 10.1. The first-order chi connectivity index (χ1) is 6.42. The molecule has 0 nitrogen and oxygen atoms in total. The zero-order valence-electron chi connectivity index (χ0n) is 8.34. The minimum absolute atomic E-state index is 0.423. The molecule has 0 N–H and O–H groups in total. The molecule has 0 atom stereocenters. The fourth-order valence-electron chi connectivity index (χ4n) is 3.62. The van der Waals surface area contributed by atoms with Crippen LogP contribution in [0.2, 0.25) is 0 Å². The molecule has 0 amide bonds. The Morgan fingerprint density at radius 2 is 1.08 bits per heavy atom. The molecular weight excluding hydrogens is 175 g/mol. The fourth-order valence-corrected chi connectivity index (χ4v) is 10.9. The molecular formula is C12H19P. The van der Waals surface area contributed by atoms with Crippen molar-refractivity contribution in [3.63, 3.8) is 0 Å². The lowest BCUT2D eigenvalue weighted by molar-refractivity contribution is 1.28. The van der Waals surface area contributed by atoms with Gasteiger partial charge in [0.1, 0.15) is 0 Å². The van der Waals surface area contributed by atoms with Crippen LogP contribution in [0.25, 0.3) is 0 Å². The van der Waals surface area contributed by atoms with Gasteiger partial charge >= 0.3 is 0 Å². The molecule has 0 saturated heterocycles. The third-order valence-corrected chi connectivity index (χ3v) is 11.2. The van der Waals surface area contributed by atoms with Crippen molar-refractivity contribution in [3.05, 3.63) is 0 Å². The van der Waals surface area contributed by atoms with Crippen molar-refractivity contribution in [2.45, 2.75) is 68.3 Å². The Kier molecular flexibility index (Phi) is 1.32. The predicted octanol–water partition coefficient (Wildman–Crippen LogP) is 3.46. The first-order valence-electron chi connectivity index (χ1n) is 6.15. The van der Waals surface area contributed by atoms with E-state index in [9.17, 15) is 0 Å². The monoisotopic (exact) mass is 194 g/mol. The Hall–Kier alpha value is 0.300. The van der Waals surface area contributed by atoms with E-state index in [0.29, 0.717) is 0 Å². The molecule has 0 aromatic heterocycles. The molecule has 4 rings (SSSR count). The summed E-state index contributed by atoms with van der Waals surface area (Å²) in [5.74, 6) is 0. The molecule has 0 aromatic rings. The number of rotatable bonds is 3. The first kappa shape index (κ1) is 7.57. The van der Waals surface area contributed by atoms with Crippen LogP contribution in [-0.4, -0.2) is 22.3 Å². The molecule has 4 saturated carbocycles. The summed E-state index contributed by atoms with van der Waals surface area (Å²) in [7, 11) is 0. The van der Waals surface area contributed by atoms with Gasteiger partial charge in [-0.05, 0) is 68.3 Å². The molecule has 72 valence electrons. The van der Waals surface area contributed by atoms with Crippen LogP contribution >= 0.6 is 6.89 Å². The minimum atomic E-state index is -0.423. The molecule has 0 bridgehead atoms. The molecule has 13 heavy (non-hydrogen) atoms. The van der Waals surface area contributed by atoms with Crippen LogP contribution < -0.4 is 0 Å². The first-order valence-corrected chi connectivity index (χ1v) is 8.15. The summed E-state index contributed by atoms with van der Waals surface area (Å²) in [5, 5.41) is 2.14. The van der Waals surface area contributed by atoms with E-state index in [1.54, 1.807) is 51.4 Å². The van der Waals surface area contributed by atoms with Gasteiger partial charge in [-0.1, -0.05) is 12.2 Å². The second-order valence-electron chi connectivity index (χ2n) is 5.59. The number of hydrogen-bond donors (Lipinski definition) is 0. The molecule has 0 spiro atoms. The molecule has 0 aliphatic heterocycles. The van der Waals surface area contributed by atoms with Crippen molar-refractivity contribution in [3.8, 4) is 0 Å². The lowest BCUT2D eigenvalue weighted by atomic mass is 10.9. The Bertz CT molecular complexity index is 259. The van der Waals surface area contributed by atoms with Crippen LogP contribution in [0.15, 0.2) is 0 Å². The van der Waals surface area contributed by atoms with Crippen molar-refractivity contribution in [2.75, 3.05) is 0 Å². The van der Waals surface area contributed by atoms with Crippen LogP contribution in [0.5, 0.6) is 0 Å². The van der Waals surface area contributed by atoms with Crippen LogP contribution in [0.4, 0.5) is 0 Å². The van der Waals surface area contributed by atoms with Gasteiger partial charge in [-0.2, -0.15) is 0 Å². The van der Waals surface area contributed by atoms with E-state index in [1.165, 1.54) is 17.0 Å². The van der Waals surface area contributed by atoms with Gasteiger partial charge in [0.2, 0.25) is 0 Å². The van der Waals surface area contributed by atoms with Gasteiger partial charge in [0.25, 0.3) is 0 Å². The van der Waals surface area contributed by atoms with Crippen molar-refractivity contribution >= 4 is 12.2 Å². The molecule has 4 fully saturated rings. The topological polar surface area (TPSA) is 0 Å². The lowest BCUT2D eigenvalue weighted by Crippen LogP contribution is -2.05. The van der Waals surface area contributed by atoms with Crippen LogP contribution in [0, 0.1) is 0 Å². The van der Waals surface area contributed by atoms with Crippen LogP contribution in [0.1, 0.15) is 51.4 Å². The molecule has 0 unspecified atom stereocenters. The van der Waals surface area contributed by atoms with E-state index in [4.69, 9.17) is 0 Å². The largest absolute Gasteiger partial charge is 0.0968 e. The average Bonchev–Trinajstić information content (AvgIpc) is 3.00. The highest BCUT2D eigenvalue weighted by Gasteiger charge is 2.56. The van der Waals surface area contributed by atoms with E-state index < -0.39 is 6.89 Å². The Morgan fingerprint density at radius 1 is 0.692 bits per heavy atom. The van der Waals surface area contributed by atoms with Crippen LogP contribution in [-0.2, 0) is 0 Å². The molecule has 0 heterocycles.